The van der Waals surface area contributed by atoms with Crippen LogP contribution in [0.5, 0.6) is 0 Å². The van der Waals surface area contributed by atoms with E-state index in [-0.39, 0.29) is 18.0 Å². The predicted molar refractivity (Wildman–Crippen MR) is 94.6 cm³/mol. The predicted octanol–water partition coefficient (Wildman–Crippen LogP) is 1.86. The van der Waals surface area contributed by atoms with E-state index in [2.05, 4.69) is 15.3 Å². The van der Waals surface area contributed by atoms with Crippen LogP contribution in [0.15, 0.2) is 41.1 Å². The van der Waals surface area contributed by atoms with Crippen molar-refractivity contribution in [1.82, 2.24) is 24.9 Å². The van der Waals surface area contributed by atoms with Gasteiger partial charge in [0.15, 0.2) is 5.58 Å². The quantitative estimate of drug-likeness (QED) is 0.716. The van der Waals surface area contributed by atoms with Gasteiger partial charge in [0.25, 0.3) is 6.01 Å². The first-order valence-electron chi connectivity index (χ1n) is 9.06. The molecule has 1 aromatic carbocycles. The standard InChI is InChI=1S/C18H20N6O2/c25-17(22-10-7-13(12-22)24-11-8-19-21-24)15-5-3-9-23(15)18-20-14-4-1-2-6-16(14)26-18/h1-2,4,6,8,11,13,15H,3,5,7,9-10,12H2. The normalized spacial score (nSPS) is 23.2. The van der Waals surface area contributed by atoms with Crippen molar-refractivity contribution in [3.63, 3.8) is 0 Å². The molecule has 26 heavy (non-hydrogen) atoms. The molecule has 2 aromatic heterocycles. The maximum Gasteiger partial charge on any atom is 0.299 e. The van der Waals surface area contributed by atoms with E-state index in [1.165, 1.54) is 0 Å². The first-order valence-corrected chi connectivity index (χ1v) is 9.06. The summed E-state index contributed by atoms with van der Waals surface area (Å²) < 4.78 is 7.74. The summed E-state index contributed by atoms with van der Waals surface area (Å²) in [4.78, 5) is 21.7. The summed E-state index contributed by atoms with van der Waals surface area (Å²) in [5.41, 5.74) is 1.58. The van der Waals surface area contributed by atoms with E-state index in [1.54, 1.807) is 6.20 Å². The average molecular weight is 352 g/mol. The van der Waals surface area contributed by atoms with Crippen molar-refractivity contribution >= 4 is 23.0 Å². The van der Waals surface area contributed by atoms with E-state index in [0.29, 0.717) is 12.6 Å². The number of carbonyl (C=O) groups excluding carboxylic acids is 1. The number of likely N-dealkylation sites (tertiary alicyclic amines) is 1. The number of aromatic nitrogens is 4. The third kappa shape index (κ3) is 2.53. The zero-order chi connectivity index (χ0) is 17.5. The zero-order valence-corrected chi connectivity index (χ0v) is 14.4. The lowest BCUT2D eigenvalue weighted by Gasteiger charge is -2.26. The SMILES string of the molecule is O=C(C1CCCN1c1nc2ccccc2o1)N1CCC(n2ccnn2)C1. The largest absolute Gasteiger partial charge is 0.423 e. The Bertz CT molecular complexity index is 888. The van der Waals surface area contributed by atoms with Crippen molar-refractivity contribution in [2.75, 3.05) is 24.5 Å². The van der Waals surface area contributed by atoms with Crippen LogP contribution >= 0.6 is 0 Å². The molecule has 0 spiro atoms. The van der Waals surface area contributed by atoms with Crippen molar-refractivity contribution in [3.8, 4) is 0 Å². The Hall–Kier alpha value is -2.90. The summed E-state index contributed by atoms with van der Waals surface area (Å²) in [6.45, 7) is 2.23. The summed E-state index contributed by atoms with van der Waals surface area (Å²) in [6.07, 6.45) is 6.25. The number of hydrogen-bond acceptors (Lipinski definition) is 6. The number of oxazole rings is 1. The fraction of sp³-hybridized carbons (Fsp3) is 0.444. The third-order valence-corrected chi connectivity index (χ3v) is 5.36. The van der Waals surface area contributed by atoms with Crippen molar-refractivity contribution in [3.05, 3.63) is 36.7 Å². The minimum atomic E-state index is -0.197. The van der Waals surface area contributed by atoms with Crippen molar-refractivity contribution in [2.24, 2.45) is 0 Å². The highest BCUT2D eigenvalue weighted by Crippen LogP contribution is 2.30. The fourth-order valence-corrected chi connectivity index (χ4v) is 4.02. The number of benzene rings is 1. The lowest BCUT2D eigenvalue weighted by atomic mass is 10.2. The van der Waals surface area contributed by atoms with Crippen LogP contribution in [0.1, 0.15) is 25.3 Å². The van der Waals surface area contributed by atoms with Gasteiger partial charge in [0, 0.05) is 25.8 Å². The van der Waals surface area contributed by atoms with Crippen LogP contribution in [0, 0.1) is 0 Å². The number of para-hydroxylation sites is 2. The number of anilines is 1. The van der Waals surface area contributed by atoms with Crippen molar-refractivity contribution in [1.29, 1.82) is 0 Å². The molecule has 2 fully saturated rings. The van der Waals surface area contributed by atoms with E-state index in [1.807, 2.05) is 44.9 Å². The number of hydrogen-bond donors (Lipinski definition) is 0. The van der Waals surface area contributed by atoms with Gasteiger partial charge in [-0.1, -0.05) is 17.3 Å². The Balaban J connectivity index is 1.34. The highest BCUT2D eigenvalue weighted by atomic mass is 16.4. The topological polar surface area (TPSA) is 80.3 Å². The van der Waals surface area contributed by atoms with Crippen molar-refractivity contribution in [2.45, 2.75) is 31.3 Å². The highest BCUT2D eigenvalue weighted by molar-refractivity contribution is 5.86. The monoisotopic (exact) mass is 352 g/mol. The average Bonchev–Trinajstić information content (AvgIpc) is 3.47. The Kier molecular flexibility index (Phi) is 3.62. The molecule has 0 N–H and O–H groups in total. The second-order valence-electron chi connectivity index (χ2n) is 6.93. The molecule has 0 saturated carbocycles. The molecule has 0 aliphatic carbocycles. The van der Waals surface area contributed by atoms with Gasteiger partial charge in [-0.2, -0.15) is 4.98 Å². The molecule has 2 unspecified atom stereocenters. The number of carbonyl (C=O) groups is 1. The highest BCUT2D eigenvalue weighted by Gasteiger charge is 2.39. The molecule has 3 aromatic rings. The Labute approximate surface area is 150 Å². The third-order valence-electron chi connectivity index (χ3n) is 5.36. The molecule has 134 valence electrons. The van der Waals surface area contributed by atoms with Crippen molar-refractivity contribution < 1.29 is 9.21 Å². The van der Waals surface area contributed by atoms with E-state index in [9.17, 15) is 4.79 Å². The number of amides is 1. The summed E-state index contributed by atoms with van der Waals surface area (Å²) in [5, 5.41) is 7.94. The molecular weight excluding hydrogens is 332 g/mol. The smallest absolute Gasteiger partial charge is 0.299 e. The molecule has 5 rings (SSSR count). The molecule has 0 radical (unpaired) electrons. The van der Waals surface area contributed by atoms with Gasteiger partial charge >= 0.3 is 0 Å². The molecule has 8 nitrogen and oxygen atoms in total. The first kappa shape index (κ1) is 15.4. The minimum Gasteiger partial charge on any atom is -0.423 e. The van der Waals surface area contributed by atoms with Gasteiger partial charge < -0.3 is 14.2 Å². The lowest BCUT2D eigenvalue weighted by Crippen LogP contribution is -2.45. The fourth-order valence-electron chi connectivity index (χ4n) is 4.02. The Morgan fingerprint density at radius 3 is 2.96 bits per heavy atom. The van der Waals surface area contributed by atoms with Gasteiger partial charge in [0.1, 0.15) is 11.6 Å². The van der Waals surface area contributed by atoms with Crippen LogP contribution < -0.4 is 4.90 Å². The van der Waals surface area contributed by atoms with Crippen LogP contribution in [-0.4, -0.2) is 56.5 Å². The summed E-state index contributed by atoms with van der Waals surface area (Å²) >= 11 is 0. The van der Waals surface area contributed by atoms with E-state index in [4.69, 9.17) is 4.42 Å². The van der Waals surface area contributed by atoms with Crippen LogP contribution in [-0.2, 0) is 4.79 Å². The van der Waals surface area contributed by atoms with Gasteiger partial charge in [0.05, 0.1) is 12.2 Å². The van der Waals surface area contributed by atoms with Crippen LogP contribution in [0.25, 0.3) is 11.1 Å². The molecule has 0 bridgehead atoms. The maximum atomic E-state index is 13.1. The van der Waals surface area contributed by atoms with Crippen LogP contribution in [0.3, 0.4) is 0 Å². The van der Waals surface area contributed by atoms with Gasteiger partial charge in [-0.05, 0) is 31.4 Å². The van der Waals surface area contributed by atoms with Gasteiger partial charge in [-0.3, -0.25) is 4.79 Å². The van der Waals surface area contributed by atoms with Crippen LogP contribution in [0.4, 0.5) is 6.01 Å². The molecule has 1 amide bonds. The first-order chi connectivity index (χ1) is 12.8. The number of rotatable bonds is 3. The van der Waals surface area contributed by atoms with Gasteiger partial charge in [0.2, 0.25) is 5.91 Å². The molecule has 8 heteroatoms. The second-order valence-corrected chi connectivity index (χ2v) is 6.93. The van der Waals surface area contributed by atoms with Gasteiger partial charge in [-0.25, -0.2) is 4.68 Å². The lowest BCUT2D eigenvalue weighted by molar-refractivity contribution is -0.131. The second kappa shape index (κ2) is 6.12. The summed E-state index contributed by atoms with van der Waals surface area (Å²) in [6, 6.07) is 8.27. The zero-order valence-electron chi connectivity index (χ0n) is 14.4. The van der Waals surface area contributed by atoms with E-state index in [0.717, 1.165) is 43.5 Å². The Morgan fingerprint density at radius 1 is 1.19 bits per heavy atom. The number of fused-ring (bicyclic) bond motifs is 1. The summed E-state index contributed by atoms with van der Waals surface area (Å²) in [7, 11) is 0. The summed E-state index contributed by atoms with van der Waals surface area (Å²) in [5.74, 6) is 0.160. The molecule has 2 aliphatic rings. The van der Waals surface area contributed by atoms with E-state index >= 15 is 0 Å². The van der Waals surface area contributed by atoms with Crippen LogP contribution in [0.2, 0.25) is 0 Å². The molecular formula is C18H20N6O2. The maximum absolute atomic E-state index is 13.1. The molecule has 2 atom stereocenters. The molecule has 4 heterocycles. The van der Waals surface area contributed by atoms with Gasteiger partial charge in [-0.15, -0.1) is 5.10 Å². The number of nitrogens with zero attached hydrogens (tertiary/aromatic N) is 6. The Morgan fingerprint density at radius 2 is 2.12 bits per heavy atom. The van der Waals surface area contributed by atoms with E-state index < -0.39 is 0 Å². The minimum absolute atomic E-state index is 0.160. The molecule has 2 aliphatic heterocycles. The molecule has 2 saturated heterocycles.